The minimum atomic E-state index is -0.472. The summed E-state index contributed by atoms with van der Waals surface area (Å²) < 4.78 is -0.301. The summed E-state index contributed by atoms with van der Waals surface area (Å²) in [5.41, 5.74) is 2.35. The Kier molecular flexibility index (Phi) is 10.3. The monoisotopic (exact) mass is 443 g/mol. The fourth-order valence-corrected chi connectivity index (χ4v) is 8.47. The van der Waals surface area contributed by atoms with E-state index in [4.69, 9.17) is 0 Å². The third-order valence-corrected chi connectivity index (χ3v) is 10.8. The predicted molar refractivity (Wildman–Crippen MR) is 130 cm³/mol. The van der Waals surface area contributed by atoms with Crippen LogP contribution in [0.2, 0.25) is 0 Å². The number of amides is 1. The van der Waals surface area contributed by atoms with Gasteiger partial charge in [0.1, 0.15) is 4.71 Å². The second-order valence-electron chi connectivity index (χ2n) is 6.55. The molecule has 1 heterocycles. The summed E-state index contributed by atoms with van der Waals surface area (Å²) >= 11 is 7.54. The molecule has 1 aliphatic heterocycles. The summed E-state index contributed by atoms with van der Waals surface area (Å²) in [6.45, 7) is 8.83. The highest BCUT2D eigenvalue weighted by molar-refractivity contribution is 8.19. The molecule has 0 saturated carbocycles. The largest absolute Gasteiger partial charge is 0.288 e. The number of carbonyl (C=O) groups excluding carboxylic acids is 1. The van der Waals surface area contributed by atoms with Crippen molar-refractivity contribution in [3.8, 4) is 0 Å². The molecule has 2 nitrogen and oxygen atoms in total. The van der Waals surface area contributed by atoms with Crippen molar-refractivity contribution >= 4 is 58.6 Å². The van der Waals surface area contributed by atoms with Gasteiger partial charge >= 0.3 is 0 Å². The van der Waals surface area contributed by atoms with Crippen LogP contribution in [0.3, 0.4) is 0 Å². The van der Waals surface area contributed by atoms with Gasteiger partial charge in [-0.25, -0.2) is 0 Å². The first-order valence-electron chi connectivity index (χ1n) is 10.1. The smallest absolute Gasteiger partial charge is 0.259 e. The van der Waals surface area contributed by atoms with E-state index >= 15 is 0 Å². The van der Waals surface area contributed by atoms with Crippen molar-refractivity contribution in [3.63, 3.8) is 0 Å². The summed E-state index contributed by atoms with van der Waals surface area (Å²) in [5.74, 6) is 4.49. The van der Waals surface area contributed by atoms with Gasteiger partial charge in [-0.1, -0.05) is 45.9 Å². The van der Waals surface area contributed by atoms with E-state index in [-0.39, 0.29) is 10.6 Å². The maximum Gasteiger partial charge on any atom is 0.259 e. The molecular weight excluding hydrogens is 411 g/mol. The molecule has 1 aliphatic rings. The lowest BCUT2D eigenvalue weighted by molar-refractivity contribution is -0.118. The Bertz CT molecular complexity index is 579. The summed E-state index contributed by atoms with van der Waals surface area (Å²) in [6.07, 6.45) is 4.45. The highest BCUT2D eigenvalue weighted by Crippen LogP contribution is 2.57. The number of nitrogens with zero attached hydrogens (tertiary/aromatic N) is 1. The van der Waals surface area contributed by atoms with Crippen LogP contribution >= 0.6 is 47.0 Å². The van der Waals surface area contributed by atoms with Gasteiger partial charge in [0.15, 0.2) is 4.08 Å². The van der Waals surface area contributed by atoms with Gasteiger partial charge in [0.05, 0.1) is 5.69 Å². The van der Waals surface area contributed by atoms with Crippen molar-refractivity contribution in [1.82, 2.24) is 0 Å². The standard InChI is InChI=1S/C21H33NOS4/c1-5-13-24-20(25-14-6-2)22-18-12-10-9-11-17(18)21(19(22)23,26-15-7-3)27-16-8-4/h9-12,20H,5-8,13-16H2,1-4H3. The van der Waals surface area contributed by atoms with Gasteiger partial charge in [-0.05, 0) is 54.8 Å². The average Bonchev–Trinajstić information content (AvgIpc) is 2.94. The molecule has 0 aliphatic carbocycles. The van der Waals surface area contributed by atoms with Crippen molar-refractivity contribution in [2.24, 2.45) is 0 Å². The lowest BCUT2D eigenvalue weighted by Gasteiger charge is -2.31. The first-order valence-corrected chi connectivity index (χ1v) is 14.2. The Labute approximate surface area is 182 Å². The van der Waals surface area contributed by atoms with Crippen LogP contribution < -0.4 is 4.90 Å². The minimum Gasteiger partial charge on any atom is -0.288 e. The molecule has 0 unspecified atom stereocenters. The number of hydrogen-bond donors (Lipinski definition) is 0. The molecule has 0 radical (unpaired) electrons. The van der Waals surface area contributed by atoms with E-state index in [1.54, 1.807) is 0 Å². The van der Waals surface area contributed by atoms with E-state index in [0.717, 1.165) is 54.4 Å². The van der Waals surface area contributed by atoms with Crippen LogP contribution in [0, 0.1) is 0 Å². The molecule has 0 fully saturated rings. The fourth-order valence-electron chi connectivity index (χ4n) is 3.00. The number of fused-ring (bicyclic) bond motifs is 1. The zero-order valence-electron chi connectivity index (χ0n) is 17.0. The Morgan fingerprint density at radius 3 is 1.89 bits per heavy atom. The van der Waals surface area contributed by atoms with E-state index in [1.165, 1.54) is 5.56 Å². The summed E-state index contributed by atoms with van der Waals surface area (Å²) in [6, 6.07) is 8.51. The van der Waals surface area contributed by atoms with E-state index in [1.807, 2.05) is 47.0 Å². The molecule has 2 rings (SSSR count). The Hall–Kier alpha value is 0.0900. The zero-order chi connectivity index (χ0) is 19.7. The van der Waals surface area contributed by atoms with Crippen molar-refractivity contribution < 1.29 is 4.79 Å². The Balaban J connectivity index is 2.44. The van der Waals surface area contributed by atoms with Crippen LogP contribution in [0.1, 0.15) is 58.9 Å². The van der Waals surface area contributed by atoms with Gasteiger partial charge in [0, 0.05) is 5.56 Å². The number of rotatable bonds is 13. The quantitative estimate of drug-likeness (QED) is 0.304. The van der Waals surface area contributed by atoms with Gasteiger partial charge in [-0.15, -0.1) is 47.0 Å². The van der Waals surface area contributed by atoms with E-state index in [2.05, 4.69) is 56.9 Å². The molecule has 0 atom stereocenters. The number of benzene rings is 1. The van der Waals surface area contributed by atoms with E-state index in [9.17, 15) is 4.79 Å². The van der Waals surface area contributed by atoms with Crippen molar-refractivity contribution in [2.45, 2.75) is 62.2 Å². The fraction of sp³-hybridized carbons (Fsp3) is 0.667. The zero-order valence-corrected chi connectivity index (χ0v) is 20.3. The van der Waals surface area contributed by atoms with Gasteiger partial charge in [0.25, 0.3) is 5.91 Å². The average molecular weight is 444 g/mol. The maximum absolute atomic E-state index is 13.9. The van der Waals surface area contributed by atoms with E-state index < -0.39 is 4.08 Å². The minimum absolute atomic E-state index is 0.171. The molecule has 1 amide bonds. The third-order valence-electron chi connectivity index (χ3n) is 4.18. The Morgan fingerprint density at radius 2 is 1.37 bits per heavy atom. The number of hydrogen-bond acceptors (Lipinski definition) is 5. The molecule has 1 aromatic rings. The van der Waals surface area contributed by atoms with E-state index in [0.29, 0.717) is 0 Å². The molecule has 27 heavy (non-hydrogen) atoms. The molecular formula is C21H33NOS4. The summed E-state index contributed by atoms with van der Waals surface area (Å²) in [5, 5.41) is 0. The second kappa shape index (κ2) is 11.9. The molecule has 152 valence electrons. The van der Waals surface area contributed by atoms with Crippen LogP contribution in [-0.2, 0) is 8.87 Å². The summed E-state index contributed by atoms with van der Waals surface area (Å²) in [4.78, 5) is 16.0. The number of para-hydroxylation sites is 1. The van der Waals surface area contributed by atoms with Crippen LogP contribution in [0.4, 0.5) is 5.69 Å². The van der Waals surface area contributed by atoms with Crippen molar-refractivity contribution in [1.29, 1.82) is 0 Å². The number of carbonyl (C=O) groups is 1. The first kappa shape index (κ1) is 23.4. The first-order chi connectivity index (χ1) is 13.2. The van der Waals surface area contributed by atoms with Crippen LogP contribution in [-0.4, -0.2) is 33.6 Å². The highest BCUT2D eigenvalue weighted by Gasteiger charge is 2.53. The Morgan fingerprint density at radius 1 is 0.852 bits per heavy atom. The normalized spacial score (nSPS) is 15.6. The van der Waals surface area contributed by atoms with Crippen molar-refractivity contribution in [2.75, 3.05) is 27.9 Å². The second-order valence-corrected chi connectivity index (χ2v) is 12.1. The molecule has 1 aromatic carbocycles. The van der Waals surface area contributed by atoms with Gasteiger partial charge in [0.2, 0.25) is 0 Å². The van der Waals surface area contributed by atoms with Gasteiger partial charge in [-0.2, -0.15) is 0 Å². The van der Waals surface area contributed by atoms with Crippen LogP contribution in [0.15, 0.2) is 24.3 Å². The third kappa shape index (κ3) is 5.37. The maximum atomic E-state index is 13.9. The molecule has 0 spiro atoms. The van der Waals surface area contributed by atoms with Crippen molar-refractivity contribution in [3.05, 3.63) is 29.8 Å². The molecule has 0 N–H and O–H groups in total. The lowest BCUT2D eigenvalue weighted by Crippen LogP contribution is -2.40. The SMILES string of the molecule is CCCSC(SCCC)N1C(=O)C(SCCC)(SCCC)c2ccccc21. The number of thioether (sulfide) groups is 4. The number of anilines is 1. The highest BCUT2D eigenvalue weighted by atomic mass is 32.2. The molecule has 0 aromatic heterocycles. The van der Waals surface area contributed by atoms with Crippen LogP contribution in [0.5, 0.6) is 0 Å². The molecule has 0 bridgehead atoms. The molecule has 0 saturated heterocycles. The molecule has 6 heteroatoms. The summed E-state index contributed by atoms with van der Waals surface area (Å²) in [7, 11) is 0. The van der Waals surface area contributed by atoms with Gasteiger partial charge < -0.3 is 0 Å². The van der Waals surface area contributed by atoms with Crippen LogP contribution in [0.25, 0.3) is 0 Å². The lowest BCUT2D eigenvalue weighted by atomic mass is 10.1. The topological polar surface area (TPSA) is 20.3 Å². The predicted octanol–water partition coefficient (Wildman–Crippen LogP) is 7.04. The van der Waals surface area contributed by atoms with Gasteiger partial charge in [-0.3, -0.25) is 9.69 Å².